The number of likely N-dealkylation sites (N-methyl/N-ethyl adjacent to an activating group) is 1. The van der Waals surface area contributed by atoms with Crippen LogP contribution in [0.1, 0.15) is 23.4 Å². The van der Waals surface area contributed by atoms with Gasteiger partial charge in [0.25, 0.3) is 5.91 Å². The van der Waals surface area contributed by atoms with Gasteiger partial charge >= 0.3 is 0 Å². The van der Waals surface area contributed by atoms with Gasteiger partial charge in [-0.1, -0.05) is 6.07 Å². The molecule has 0 N–H and O–H groups in total. The van der Waals surface area contributed by atoms with E-state index in [0.717, 1.165) is 23.7 Å². The molecule has 1 aromatic carbocycles. The molecule has 23 heavy (non-hydrogen) atoms. The number of methoxy groups -OCH3 is 1. The van der Waals surface area contributed by atoms with Crippen molar-refractivity contribution in [2.24, 2.45) is 0 Å². The SMILES string of the molecule is COc1cccc(OCC(=O)N(C)c2nc3c(s2)CCCC3)c1. The standard InChI is InChI=1S/C17H20N2O3S/c1-19(17-18-14-8-3-4-9-15(14)23-17)16(20)11-22-13-7-5-6-12(10-13)21-2/h5-7,10H,3-4,8-9,11H2,1-2H3. The molecule has 0 atom stereocenters. The summed E-state index contributed by atoms with van der Waals surface area (Å²) in [6.45, 7) is -0.0199. The van der Waals surface area contributed by atoms with Gasteiger partial charge in [0.15, 0.2) is 11.7 Å². The molecule has 0 saturated heterocycles. The Morgan fingerprint density at radius 3 is 2.87 bits per heavy atom. The molecule has 0 bridgehead atoms. The highest BCUT2D eigenvalue weighted by atomic mass is 32.1. The lowest BCUT2D eigenvalue weighted by atomic mass is 10.0. The van der Waals surface area contributed by atoms with Crippen LogP contribution in [0.15, 0.2) is 24.3 Å². The summed E-state index contributed by atoms with van der Waals surface area (Å²) >= 11 is 1.62. The number of nitrogens with zero attached hydrogens (tertiary/aromatic N) is 2. The highest BCUT2D eigenvalue weighted by molar-refractivity contribution is 7.15. The van der Waals surface area contributed by atoms with Gasteiger partial charge in [0.05, 0.1) is 12.8 Å². The lowest BCUT2D eigenvalue weighted by Gasteiger charge is -2.14. The van der Waals surface area contributed by atoms with E-state index < -0.39 is 0 Å². The van der Waals surface area contributed by atoms with Gasteiger partial charge in [-0.15, -0.1) is 11.3 Å². The minimum atomic E-state index is -0.112. The van der Waals surface area contributed by atoms with Crippen molar-refractivity contribution < 1.29 is 14.3 Å². The number of hydrogen-bond acceptors (Lipinski definition) is 5. The lowest BCUT2D eigenvalue weighted by molar-refractivity contribution is -0.120. The first kappa shape index (κ1) is 15.8. The molecule has 1 amide bonds. The van der Waals surface area contributed by atoms with Crippen LogP contribution in [0, 0.1) is 0 Å². The fourth-order valence-corrected chi connectivity index (χ4v) is 3.65. The van der Waals surface area contributed by atoms with Crippen molar-refractivity contribution in [2.75, 3.05) is 25.7 Å². The van der Waals surface area contributed by atoms with Gasteiger partial charge in [0.2, 0.25) is 0 Å². The summed E-state index contributed by atoms with van der Waals surface area (Å²) in [5, 5.41) is 0.760. The second-order valence-electron chi connectivity index (χ2n) is 5.49. The molecule has 2 aromatic rings. The number of aryl methyl sites for hydroxylation is 2. The van der Waals surface area contributed by atoms with Crippen LogP contribution >= 0.6 is 11.3 Å². The largest absolute Gasteiger partial charge is 0.497 e. The van der Waals surface area contributed by atoms with Crippen molar-refractivity contribution in [3.8, 4) is 11.5 Å². The van der Waals surface area contributed by atoms with Crippen LogP contribution in [0.25, 0.3) is 0 Å². The molecule has 0 fully saturated rings. The second kappa shape index (κ2) is 7.00. The Balaban J connectivity index is 1.62. The summed E-state index contributed by atoms with van der Waals surface area (Å²) in [6, 6.07) is 7.23. The summed E-state index contributed by atoms with van der Waals surface area (Å²) in [5.41, 5.74) is 1.16. The minimum absolute atomic E-state index is 0.0199. The number of fused-ring (bicyclic) bond motifs is 1. The van der Waals surface area contributed by atoms with Gasteiger partial charge in [-0.2, -0.15) is 0 Å². The monoisotopic (exact) mass is 332 g/mol. The molecule has 0 saturated carbocycles. The van der Waals surface area contributed by atoms with Gasteiger partial charge < -0.3 is 9.47 Å². The number of aromatic nitrogens is 1. The van der Waals surface area contributed by atoms with E-state index in [4.69, 9.17) is 9.47 Å². The van der Waals surface area contributed by atoms with Crippen LogP contribution in [0.2, 0.25) is 0 Å². The average molecular weight is 332 g/mol. The smallest absolute Gasteiger partial charge is 0.266 e. The zero-order valence-corrected chi connectivity index (χ0v) is 14.2. The van der Waals surface area contributed by atoms with Crippen molar-refractivity contribution in [1.82, 2.24) is 4.98 Å². The molecular formula is C17H20N2O3S. The number of anilines is 1. The van der Waals surface area contributed by atoms with E-state index in [1.54, 1.807) is 42.5 Å². The number of amides is 1. The molecule has 0 radical (unpaired) electrons. The zero-order valence-electron chi connectivity index (χ0n) is 13.4. The number of ether oxygens (including phenoxy) is 2. The van der Waals surface area contributed by atoms with E-state index in [0.29, 0.717) is 11.5 Å². The predicted molar refractivity (Wildman–Crippen MR) is 90.7 cm³/mol. The molecule has 122 valence electrons. The van der Waals surface area contributed by atoms with Gasteiger partial charge in [-0.3, -0.25) is 9.69 Å². The van der Waals surface area contributed by atoms with Gasteiger partial charge in [0, 0.05) is 18.0 Å². The van der Waals surface area contributed by atoms with Crippen LogP contribution in [-0.2, 0) is 17.6 Å². The summed E-state index contributed by atoms with van der Waals surface area (Å²) in [7, 11) is 3.35. The summed E-state index contributed by atoms with van der Waals surface area (Å²) in [6.07, 6.45) is 4.50. The van der Waals surface area contributed by atoms with Crippen LogP contribution in [-0.4, -0.2) is 31.7 Å². The minimum Gasteiger partial charge on any atom is -0.497 e. The quantitative estimate of drug-likeness (QED) is 0.844. The fraction of sp³-hybridized carbons (Fsp3) is 0.412. The third-order valence-corrected chi connectivity index (χ3v) is 5.13. The number of rotatable bonds is 5. The third-order valence-electron chi connectivity index (χ3n) is 3.90. The lowest BCUT2D eigenvalue weighted by Crippen LogP contribution is -2.31. The van der Waals surface area contributed by atoms with E-state index >= 15 is 0 Å². The van der Waals surface area contributed by atoms with Crippen molar-refractivity contribution in [3.63, 3.8) is 0 Å². The molecule has 1 aromatic heterocycles. The highest BCUT2D eigenvalue weighted by Gasteiger charge is 2.20. The molecular weight excluding hydrogens is 312 g/mol. The van der Waals surface area contributed by atoms with Gasteiger partial charge in [-0.05, 0) is 37.8 Å². The van der Waals surface area contributed by atoms with Crippen LogP contribution in [0.3, 0.4) is 0 Å². The van der Waals surface area contributed by atoms with Crippen LogP contribution in [0.4, 0.5) is 5.13 Å². The number of hydrogen-bond donors (Lipinski definition) is 0. The number of carbonyl (C=O) groups is 1. The molecule has 1 heterocycles. The topological polar surface area (TPSA) is 51.7 Å². The zero-order chi connectivity index (χ0) is 16.2. The molecule has 3 rings (SSSR count). The van der Waals surface area contributed by atoms with E-state index in [1.807, 2.05) is 12.1 Å². The maximum absolute atomic E-state index is 12.3. The summed E-state index contributed by atoms with van der Waals surface area (Å²) in [4.78, 5) is 19.8. The molecule has 0 aliphatic heterocycles. The summed E-state index contributed by atoms with van der Waals surface area (Å²) < 4.78 is 10.7. The molecule has 1 aliphatic carbocycles. The molecule has 1 aliphatic rings. The predicted octanol–water partition coefficient (Wildman–Crippen LogP) is 3.07. The molecule has 0 spiro atoms. The Hall–Kier alpha value is -2.08. The van der Waals surface area contributed by atoms with Crippen molar-refractivity contribution in [3.05, 3.63) is 34.8 Å². The number of thiazole rings is 1. The fourth-order valence-electron chi connectivity index (χ4n) is 2.52. The Bertz CT molecular complexity index is 675. The van der Waals surface area contributed by atoms with E-state index in [1.165, 1.54) is 17.7 Å². The van der Waals surface area contributed by atoms with Crippen LogP contribution in [0.5, 0.6) is 11.5 Å². The maximum atomic E-state index is 12.3. The average Bonchev–Trinajstić information content (AvgIpc) is 3.03. The normalized spacial score (nSPS) is 13.3. The Labute approximate surface area is 139 Å². The van der Waals surface area contributed by atoms with Crippen molar-refractivity contribution >= 4 is 22.4 Å². The van der Waals surface area contributed by atoms with Crippen LogP contribution < -0.4 is 14.4 Å². The van der Waals surface area contributed by atoms with E-state index in [-0.39, 0.29) is 12.5 Å². The highest BCUT2D eigenvalue weighted by Crippen LogP contribution is 2.31. The molecule has 6 heteroatoms. The Morgan fingerprint density at radius 1 is 1.30 bits per heavy atom. The van der Waals surface area contributed by atoms with Gasteiger partial charge in [-0.25, -0.2) is 4.98 Å². The van der Waals surface area contributed by atoms with Crippen molar-refractivity contribution in [2.45, 2.75) is 25.7 Å². The first-order valence-corrected chi connectivity index (χ1v) is 8.51. The van der Waals surface area contributed by atoms with Gasteiger partial charge in [0.1, 0.15) is 11.5 Å². The first-order valence-electron chi connectivity index (χ1n) is 7.69. The molecule has 0 unspecified atom stereocenters. The van der Waals surface area contributed by atoms with Crippen molar-refractivity contribution in [1.29, 1.82) is 0 Å². The Morgan fingerprint density at radius 2 is 2.09 bits per heavy atom. The third kappa shape index (κ3) is 3.64. The maximum Gasteiger partial charge on any atom is 0.266 e. The van der Waals surface area contributed by atoms with E-state index in [2.05, 4.69) is 4.98 Å². The first-order chi connectivity index (χ1) is 11.2. The number of carbonyl (C=O) groups excluding carboxylic acids is 1. The summed E-state index contributed by atoms with van der Waals surface area (Å²) in [5.74, 6) is 1.21. The second-order valence-corrected chi connectivity index (χ2v) is 6.56. The Kier molecular flexibility index (Phi) is 4.81. The number of benzene rings is 1. The van der Waals surface area contributed by atoms with E-state index in [9.17, 15) is 4.79 Å². The molecule has 5 nitrogen and oxygen atoms in total.